The summed E-state index contributed by atoms with van der Waals surface area (Å²) in [6.07, 6.45) is 5.50. The van der Waals surface area contributed by atoms with E-state index in [4.69, 9.17) is 0 Å². The maximum Gasteiger partial charge on any atom is 0.258 e. The molecular formula is C22H20N6O. The molecule has 3 heterocycles. The second kappa shape index (κ2) is 6.79. The van der Waals surface area contributed by atoms with Crippen molar-refractivity contribution < 1.29 is 4.79 Å². The van der Waals surface area contributed by atoms with Gasteiger partial charge in [0.15, 0.2) is 0 Å². The monoisotopic (exact) mass is 384 g/mol. The zero-order valence-corrected chi connectivity index (χ0v) is 16.3. The standard InChI is InChI=1S/C22H20N6O/c1-27-11-17-6-4-15(7-18(17)12-27)21(29)26-22-23-9-16-5-3-14(8-20(16)25-22)19-10-24-28(2)13-19/h3-10,13H,11-12H2,1-2H3,(H,23,25,26,29). The van der Waals surface area contributed by atoms with Gasteiger partial charge in [-0.05, 0) is 41.9 Å². The summed E-state index contributed by atoms with van der Waals surface area (Å²) in [4.78, 5) is 23.8. The maximum atomic E-state index is 12.7. The number of nitrogens with one attached hydrogen (secondary N) is 1. The van der Waals surface area contributed by atoms with E-state index in [9.17, 15) is 4.79 Å². The first-order chi connectivity index (χ1) is 14.0. The number of anilines is 1. The molecular weight excluding hydrogens is 364 g/mol. The minimum atomic E-state index is -0.204. The number of hydrogen-bond donors (Lipinski definition) is 1. The number of carbonyl (C=O) groups is 1. The number of hydrogen-bond acceptors (Lipinski definition) is 5. The molecule has 0 bridgehead atoms. The van der Waals surface area contributed by atoms with Crippen molar-refractivity contribution in [2.75, 3.05) is 12.4 Å². The van der Waals surface area contributed by atoms with Gasteiger partial charge in [-0.25, -0.2) is 9.97 Å². The molecule has 29 heavy (non-hydrogen) atoms. The van der Waals surface area contributed by atoms with Crippen molar-refractivity contribution in [3.63, 3.8) is 0 Å². The third kappa shape index (κ3) is 3.36. The summed E-state index contributed by atoms with van der Waals surface area (Å²) < 4.78 is 1.76. The number of rotatable bonds is 3. The molecule has 0 unspecified atom stereocenters. The Bertz CT molecular complexity index is 1250. The van der Waals surface area contributed by atoms with Gasteiger partial charge in [0.05, 0.1) is 11.7 Å². The van der Waals surface area contributed by atoms with E-state index in [2.05, 4.69) is 32.3 Å². The van der Waals surface area contributed by atoms with Crippen LogP contribution in [0, 0.1) is 0 Å². The molecule has 4 aromatic rings. The maximum absolute atomic E-state index is 12.7. The van der Waals surface area contributed by atoms with Gasteiger partial charge in [0.1, 0.15) is 0 Å². The van der Waals surface area contributed by atoms with Gasteiger partial charge < -0.3 is 0 Å². The molecule has 0 saturated heterocycles. The van der Waals surface area contributed by atoms with E-state index in [1.807, 2.05) is 55.8 Å². The molecule has 2 aromatic carbocycles. The fourth-order valence-electron chi connectivity index (χ4n) is 3.71. The van der Waals surface area contributed by atoms with E-state index in [1.54, 1.807) is 10.9 Å². The quantitative estimate of drug-likeness (QED) is 0.587. The van der Waals surface area contributed by atoms with Gasteiger partial charge >= 0.3 is 0 Å². The fourth-order valence-corrected chi connectivity index (χ4v) is 3.71. The van der Waals surface area contributed by atoms with E-state index in [-0.39, 0.29) is 5.91 Å². The zero-order chi connectivity index (χ0) is 20.0. The topological polar surface area (TPSA) is 75.9 Å². The van der Waals surface area contributed by atoms with Crippen LogP contribution in [0.5, 0.6) is 0 Å². The SMILES string of the molecule is CN1Cc2ccc(C(=O)Nc3ncc4ccc(-c5cnn(C)c5)cc4n3)cc2C1. The first-order valence-corrected chi connectivity index (χ1v) is 9.43. The van der Waals surface area contributed by atoms with Gasteiger partial charge in [-0.2, -0.15) is 5.10 Å². The summed E-state index contributed by atoms with van der Waals surface area (Å²) in [5.74, 6) is 0.0913. The molecule has 2 aromatic heterocycles. The van der Waals surface area contributed by atoms with Crippen LogP contribution in [0.4, 0.5) is 5.95 Å². The molecule has 1 aliphatic rings. The fraction of sp³-hybridized carbons (Fsp3) is 0.182. The molecule has 1 aliphatic heterocycles. The second-order valence-electron chi connectivity index (χ2n) is 7.48. The number of fused-ring (bicyclic) bond motifs is 2. The largest absolute Gasteiger partial charge is 0.298 e. The van der Waals surface area contributed by atoms with Crippen molar-refractivity contribution in [1.29, 1.82) is 0 Å². The Morgan fingerprint density at radius 3 is 2.69 bits per heavy atom. The van der Waals surface area contributed by atoms with Gasteiger partial charge in [0.25, 0.3) is 5.91 Å². The molecule has 0 aliphatic carbocycles. The number of carbonyl (C=O) groups excluding carboxylic acids is 1. The average molecular weight is 384 g/mol. The first kappa shape index (κ1) is 17.5. The van der Waals surface area contributed by atoms with Crippen LogP contribution >= 0.6 is 0 Å². The number of benzene rings is 2. The molecule has 7 heteroatoms. The van der Waals surface area contributed by atoms with Crippen LogP contribution in [0.2, 0.25) is 0 Å². The summed E-state index contributed by atoms with van der Waals surface area (Å²) in [5.41, 5.74) is 5.89. The third-order valence-electron chi connectivity index (χ3n) is 5.20. The minimum Gasteiger partial charge on any atom is -0.298 e. The van der Waals surface area contributed by atoms with Crippen LogP contribution in [0.15, 0.2) is 55.0 Å². The number of aryl methyl sites for hydroxylation is 1. The van der Waals surface area contributed by atoms with Crippen LogP contribution < -0.4 is 5.32 Å². The van der Waals surface area contributed by atoms with Crippen LogP contribution in [-0.2, 0) is 20.1 Å². The lowest BCUT2D eigenvalue weighted by Crippen LogP contribution is -2.14. The first-order valence-electron chi connectivity index (χ1n) is 9.43. The molecule has 0 fully saturated rings. The Hall–Kier alpha value is -3.58. The van der Waals surface area contributed by atoms with Crippen molar-refractivity contribution >= 4 is 22.8 Å². The van der Waals surface area contributed by atoms with Crippen LogP contribution in [0.25, 0.3) is 22.0 Å². The second-order valence-corrected chi connectivity index (χ2v) is 7.48. The van der Waals surface area contributed by atoms with Gasteiger partial charge in [0, 0.05) is 49.0 Å². The highest BCUT2D eigenvalue weighted by Crippen LogP contribution is 2.24. The molecule has 144 valence electrons. The summed E-state index contributed by atoms with van der Waals surface area (Å²) >= 11 is 0. The molecule has 5 rings (SSSR count). The Balaban J connectivity index is 1.41. The molecule has 0 atom stereocenters. The van der Waals surface area contributed by atoms with Crippen molar-refractivity contribution in [1.82, 2.24) is 24.6 Å². The van der Waals surface area contributed by atoms with E-state index in [0.29, 0.717) is 11.5 Å². The van der Waals surface area contributed by atoms with Gasteiger partial charge in [0.2, 0.25) is 5.95 Å². The summed E-state index contributed by atoms with van der Waals surface area (Å²) in [5, 5.41) is 7.95. The Kier molecular flexibility index (Phi) is 4.10. The summed E-state index contributed by atoms with van der Waals surface area (Å²) in [7, 11) is 3.96. The number of nitrogens with zero attached hydrogens (tertiary/aromatic N) is 5. The third-order valence-corrected chi connectivity index (χ3v) is 5.20. The number of amides is 1. The Labute approximate surface area is 168 Å². The van der Waals surface area contributed by atoms with E-state index >= 15 is 0 Å². The predicted octanol–water partition coefficient (Wildman–Crippen LogP) is 3.23. The normalized spacial score (nSPS) is 13.6. The van der Waals surface area contributed by atoms with Crippen molar-refractivity contribution in [2.24, 2.45) is 7.05 Å². The molecule has 0 spiro atoms. The molecule has 0 radical (unpaired) electrons. The molecule has 1 amide bonds. The van der Waals surface area contributed by atoms with E-state index < -0.39 is 0 Å². The van der Waals surface area contributed by atoms with Crippen molar-refractivity contribution in [2.45, 2.75) is 13.1 Å². The van der Waals surface area contributed by atoms with Crippen molar-refractivity contribution in [3.05, 3.63) is 71.7 Å². The van der Waals surface area contributed by atoms with Gasteiger partial charge in [-0.15, -0.1) is 0 Å². The summed E-state index contributed by atoms with van der Waals surface area (Å²) in [6, 6.07) is 11.8. The van der Waals surface area contributed by atoms with E-state index in [1.165, 1.54) is 11.1 Å². The van der Waals surface area contributed by atoms with Crippen LogP contribution in [-0.4, -0.2) is 37.6 Å². The lowest BCUT2D eigenvalue weighted by atomic mass is 10.1. The predicted molar refractivity (Wildman–Crippen MR) is 111 cm³/mol. The zero-order valence-electron chi connectivity index (χ0n) is 16.3. The lowest BCUT2D eigenvalue weighted by Gasteiger charge is -2.07. The Morgan fingerprint density at radius 1 is 1.00 bits per heavy atom. The molecule has 7 nitrogen and oxygen atoms in total. The highest BCUT2D eigenvalue weighted by atomic mass is 16.1. The van der Waals surface area contributed by atoms with Crippen LogP contribution in [0.1, 0.15) is 21.5 Å². The van der Waals surface area contributed by atoms with E-state index in [0.717, 1.165) is 35.1 Å². The minimum absolute atomic E-state index is 0.204. The lowest BCUT2D eigenvalue weighted by molar-refractivity contribution is 0.102. The smallest absolute Gasteiger partial charge is 0.258 e. The number of aromatic nitrogens is 4. The Morgan fingerprint density at radius 2 is 1.86 bits per heavy atom. The van der Waals surface area contributed by atoms with Gasteiger partial charge in [-0.1, -0.05) is 18.2 Å². The highest BCUT2D eigenvalue weighted by molar-refractivity contribution is 6.03. The van der Waals surface area contributed by atoms with Gasteiger partial charge in [-0.3, -0.25) is 19.7 Å². The summed E-state index contributed by atoms with van der Waals surface area (Å²) in [6.45, 7) is 1.78. The molecule has 1 N–H and O–H groups in total. The van der Waals surface area contributed by atoms with Crippen molar-refractivity contribution in [3.8, 4) is 11.1 Å². The molecule has 0 saturated carbocycles. The average Bonchev–Trinajstić information content (AvgIpc) is 3.31. The highest BCUT2D eigenvalue weighted by Gasteiger charge is 2.18. The van der Waals surface area contributed by atoms with Crippen LogP contribution in [0.3, 0.4) is 0 Å².